The first kappa shape index (κ1) is 17.1. The van der Waals surface area contributed by atoms with Crippen LogP contribution in [0.15, 0.2) is 18.3 Å². The lowest BCUT2D eigenvalue weighted by Gasteiger charge is -2.24. The van der Waals surface area contributed by atoms with E-state index in [0.717, 1.165) is 6.42 Å². The Morgan fingerprint density at radius 3 is 2.67 bits per heavy atom. The molecule has 0 fully saturated rings. The van der Waals surface area contributed by atoms with Crippen molar-refractivity contribution in [2.45, 2.75) is 39.2 Å². The van der Waals surface area contributed by atoms with E-state index in [-0.39, 0.29) is 17.8 Å². The second-order valence-corrected chi connectivity index (χ2v) is 5.85. The highest BCUT2D eigenvalue weighted by Gasteiger charge is 2.22. The molecule has 1 aromatic rings. The summed E-state index contributed by atoms with van der Waals surface area (Å²) in [7, 11) is 0. The molecule has 0 aliphatic heterocycles. The summed E-state index contributed by atoms with van der Waals surface area (Å²) in [5, 5.41) is 21.6. The SMILES string of the molecule is CC(C)CCC(C)(O)CNC(=O)c1ccnc(C(=O)O)c1. The second kappa shape index (κ2) is 7.17. The summed E-state index contributed by atoms with van der Waals surface area (Å²) in [4.78, 5) is 26.4. The Bertz CT molecular complexity index is 512. The van der Waals surface area contributed by atoms with Crippen LogP contribution in [0, 0.1) is 5.92 Å². The Hall–Kier alpha value is -1.95. The Morgan fingerprint density at radius 2 is 2.10 bits per heavy atom. The number of aromatic nitrogens is 1. The van der Waals surface area contributed by atoms with Gasteiger partial charge in [-0.05, 0) is 37.8 Å². The third-order valence-corrected chi connectivity index (χ3v) is 3.13. The van der Waals surface area contributed by atoms with Gasteiger partial charge < -0.3 is 15.5 Å². The summed E-state index contributed by atoms with van der Waals surface area (Å²) in [6.07, 6.45) is 2.72. The molecule has 1 unspecified atom stereocenters. The van der Waals surface area contributed by atoms with E-state index in [1.165, 1.54) is 18.3 Å². The lowest BCUT2D eigenvalue weighted by Crippen LogP contribution is -2.40. The van der Waals surface area contributed by atoms with Gasteiger partial charge in [0.15, 0.2) is 0 Å². The van der Waals surface area contributed by atoms with E-state index in [4.69, 9.17) is 5.11 Å². The van der Waals surface area contributed by atoms with Crippen LogP contribution in [0.25, 0.3) is 0 Å². The number of hydrogen-bond acceptors (Lipinski definition) is 4. The highest BCUT2D eigenvalue weighted by Crippen LogP contribution is 2.15. The zero-order chi connectivity index (χ0) is 16.0. The van der Waals surface area contributed by atoms with Gasteiger partial charge in [0, 0.05) is 18.3 Å². The third-order valence-electron chi connectivity index (χ3n) is 3.13. The number of aromatic carboxylic acids is 1. The number of hydrogen-bond donors (Lipinski definition) is 3. The van der Waals surface area contributed by atoms with Gasteiger partial charge >= 0.3 is 5.97 Å². The van der Waals surface area contributed by atoms with Gasteiger partial charge in [-0.1, -0.05) is 13.8 Å². The summed E-state index contributed by atoms with van der Waals surface area (Å²) in [6, 6.07) is 2.64. The van der Waals surface area contributed by atoms with Crippen molar-refractivity contribution in [1.82, 2.24) is 10.3 Å². The highest BCUT2D eigenvalue weighted by molar-refractivity contribution is 5.96. The van der Waals surface area contributed by atoms with Crippen molar-refractivity contribution in [1.29, 1.82) is 0 Å². The fraction of sp³-hybridized carbons (Fsp3) is 0.533. The minimum Gasteiger partial charge on any atom is -0.477 e. The Morgan fingerprint density at radius 1 is 1.43 bits per heavy atom. The molecule has 1 aromatic heterocycles. The van der Waals surface area contributed by atoms with Crippen LogP contribution in [0.4, 0.5) is 0 Å². The van der Waals surface area contributed by atoms with E-state index in [1.54, 1.807) is 6.92 Å². The van der Waals surface area contributed by atoms with Gasteiger partial charge in [-0.25, -0.2) is 9.78 Å². The smallest absolute Gasteiger partial charge is 0.354 e. The number of carboxylic acid groups (broad SMARTS) is 1. The summed E-state index contributed by atoms with van der Waals surface area (Å²) in [6.45, 7) is 5.92. The molecule has 1 heterocycles. The van der Waals surface area contributed by atoms with E-state index in [0.29, 0.717) is 12.3 Å². The molecule has 1 atom stereocenters. The molecule has 0 aliphatic carbocycles. The molecule has 1 amide bonds. The van der Waals surface area contributed by atoms with Crippen LogP contribution < -0.4 is 5.32 Å². The number of amides is 1. The summed E-state index contributed by atoms with van der Waals surface area (Å²) in [5.41, 5.74) is -0.959. The number of rotatable bonds is 7. The summed E-state index contributed by atoms with van der Waals surface area (Å²) < 4.78 is 0. The van der Waals surface area contributed by atoms with E-state index in [9.17, 15) is 14.7 Å². The average molecular weight is 294 g/mol. The molecule has 0 bridgehead atoms. The van der Waals surface area contributed by atoms with Crippen LogP contribution in [0.1, 0.15) is 54.5 Å². The van der Waals surface area contributed by atoms with Crippen molar-refractivity contribution in [3.63, 3.8) is 0 Å². The fourth-order valence-electron chi connectivity index (χ4n) is 1.75. The number of nitrogens with zero attached hydrogens (tertiary/aromatic N) is 1. The maximum Gasteiger partial charge on any atom is 0.354 e. The molecule has 0 radical (unpaired) electrons. The normalized spacial score (nSPS) is 13.8. The standard InChI is InChI=1S/C15H22N2O4/c1-10(2)4-6-15(3,21)9-17-13(18)11-5-7-16-12(8-11)14(19)20/h5,7-8,10,21H,4,6,9H2,1-3H3,(H,17,18)(H,19,20). The number of aliphatic hydroxyl groups is 1. The van der Waals surface area contributed by atoms with Crippen LogP contribution in [0.2, 0.25) is 0 Å². The molecular formula is C15H22N2O4. The lowest BCUT2D eigenvalue weighted by molar-refractivity contribution is 0.0429. The lowest BCUT2D eigenvalue weighted by atomic mass is 9.95. The van der Waals surface area contributed by atoms with Gasteiger partial charge in [-0.2, -0.15) is 0 Å². The largest absolute Gasteiger partial charge is 0.477 e. The van der Waals surface area contributed by atoms with Crippen LogP contribution in [-0.4, -0.2) is 39.2 Å². The molecule has 0 saturated carbocycles. The maximum absolute atomic E-state index is 12.0. The monoisotopic (exact) mass is 294 g/mol. The third kappa shape index (κ3) is 5.91. The van der Waals surface area contributed by atoms with Crippen molar-refractivity contribution in [3.05, 3.63) is 29.6 Å². The first-order chi connectivity index (χ1) is 9.71. The van der Waals surface area contributed by atoms with E-state index in [1.807, 2.05) is 0 Å². The Balaban J connectivity index is 2.61. The quantitative estimate of drug-likeness (QED) is 0.710. The number of carbonyl (C=O) groups excluding carboxylic acids is 1. The zero-order valence-corrected chi connectivity index (χ0v) is 12.6. The van der Waals surface area contributed by atoms with Crippen LogP contribution in [0.5, 0.6) is 0 Å². The number of carbonyl (C=O) groups is 2. The van der Waals surface area contributed by atoms with Gasteiger partial charge in [0.1, 0.15) is 5.69 Å². The van der Waals surface area contributed by atoms with E-state index < -0.39 is 17.5 Å². The predicted octanol–water partition coefficient (Wildman–Crippen LogP) is 1.70. The van der Waals surface area contributed by atoms with E-state index >= 15 is 0 Å². The maximum atomic E-state index is 12.0. The van der Waals surface area contributed by atoms with Crippen LogP contribution in [0.3, 0.4) is 0 Å². The summed E-state index contributed by atoms with van der Waals surface area (Å²) >= 11 is 0. The van der Waals surface area contributed by atoms with Gasteiger partial charge in [0.05, 0.1) is 5.60 Å². The van der Waals surface area contributed by atoms with Gasteiger partial charge in [0.25, 0.3) is 5.91 Å². The molecule has 0 spiro atoms. The molecule has 21 heavy (non-hydrogen) atoms. The molecule has 0 aromatic carbocycles. The number of pyridine rings is 1. The fourth-order valence-corrected chi connectivity index (χ4v) is 1.75. The highest BCUT2D eigenvalue weighted by atomic mass is 16.4. The van der Waals surface area contributed by atoms with Crippen LogP contribution in [-0.2, 0) is 0 Å². The molecule has 6 heteroatoms. The first-order valence-corrected chi connectivity index (χ1v) is 6.91. The van der Waals surface area contributed by atoms with Crippen molar-refractivity contribution < 1.29 is 19.8 Å². The Labute approximate surface area is 124 Å². The molecular weight excluding hydrogens is 272 g/mol. The minimum atomic E-state index is -1.19. The zero-order valence-electron chi connectivity index (χ0n) is 12.6. The van der Waals surface area contributed by atoms with Crippen molar-refractivity contribution >= 4 is 11.9 Å². The number of nitrogens with one attached hydrogen (secondary N) is 1. The van der Waals surface area contributed by atoms with Crippen molar-refractivity contribution in [2.24, 2.45) is 5.92 Å². The average Bonchev–Trinajstić information content (AvgIpc) is 2.43. The van der Waals surface area contributed by atoms with Crippen LogP contribution >= 0.6 is 0 Å². The van der Waals surface area contributed by atoms with E-state index in [2.05, 4.69) is 24.1 Å². The van der Waals surface area contributed by atoms with Gasteiger partial charge in [0.2, 0.25) is 0 Å². The predicted molar refractivity (Wildman–Crippen MR) is 78.2 cm³/mol. The summed E-state index contributed by atoms with van der Waals surface area (Å²) in [5.74, 6) is -1.14. The topological polar surface area (TPSA) is 99.5 Å². The number of carboxylic acids is 1. The Kier molecular flexibility index (Phi) is 5.84. The van der Waals surface area contributed by atoms with Gasteiger partial charge in [-0.3, -0.25) is 4.79 Å². The second-order valence-electron chi connectivity index (χ2n) is 5.85. The first-order valence-electron chi connectivity index (χ1n) is 6.91. The molecule has 116 valence electrons. The van der Waals surface area contributed by atoms with Crippen molar-refractivity contribution in [3.8, 4) is 0 Å². The molecule has 1 rings (SSSR count). The molecule has 0 saturated heterocycles. The molecule has 6 nitrogen and oxygen atoms in total. The minimum absolute atomic E-state index is 0.114. The molecule has 0 aliphatic rings. The van der Waals surface area contributed by atoms with Crippen molar-refractivity contribution in [2.75, 3.05) is 6.54 Å². The van der Waals surface area contributed by atoms with Gasteiger partial charge in [-0.15, -0.1) is 0 Å². The molecule has 3 N–H and O–H groups in total.